The second-order valence-corrected chi connectivity index (χ2v) is 12.1. The number of nitrogens with two attached hydrogens (primary N) is 1. The third kappa shape index (κ3) is 5.20. The van der Waals surface area contributed by atoms with Gasteiger partial charge < -0.3 is 15.5 Å². The first-order valence-electron chi connectivity index (χ1n) is 12.9. The number of sulfone groups is 1. The van der Waals surface area contributed by atoms with Gasteiger partial charge in [0.25, 0.3) is 5.91 Å². The third-order valence-electron chi connectivity index (χ3n) is 7.20. The Hall–Kier alpha value is -4.79. The summed E-state index contributed by atoms with van der Waals surface area (Å²) in [4.78, 5) is 41.3. The predicted molar refractivity (Wildman–Crippen MR) is 154 cm³/mol. The molecule has 2 N–H and O–H groups in total. The molecule has 1 aliphatic rings. The van der Waals surface area contributed by atoms with E-state index in [4.69, 9.17) is 5.73 Å². The van der Waals surface area contributed by atoms with Crippen molar-refractivity contribution in [1.29, 1.82) is 0 Å². The van der Waals surface area contributed by atoms with Crippen LogP contribution in [0.2, 0.25) is 0 Å². The molecular formula is C28H26F3N7O4S. The molecule has 4 heterocycles. The van der Waals surface area contributed by atoms with E-state index in [9.17, 15) is 26.8 Å². The number of anilines is 2. The van der Waals surface area contributed by atoms with E-state index < -0.39 is 50.6 Å². The monoisotopic (exact) mass is 613 g/mol. The molecule has 0 aliphatic carbocycles. The van der Waals surface area contributed by atoms with E-state index >= 15 is 4.39 Å². The van der Waals surface area contributed by atoms with Gasteiger partial charge in [-0.2, -0.15) is 4.98 Å². The molecule has 0 unspecified atom stereocenters. The predicted octanol–water partition coefficient (Wildman–Crippen LogP) is 2.94. The number of carbonyl (C=O) groups excluding carboxylic acids is 1. The molecule has 5 rings (SSSR count). The summed E-state index contributed by atoms with van der Waals surface area (Å²) >= 11 is 0. The molecule has 1 atom stereocenters. The average molecular weight is 614 g/mol. The van der Waals surface area contributed by atoms with Crippen LogP contribution in [0.15, 0.2) is 58.6 Å². The van der Waals surface area contributed by atoms with Crippen LogP contribution in [0.1, 0.15) is 12.6 Å². The number of benzene rings is 1. The largest absolute Gasteiger partial charge is 0.398 e. The number of carbonyl (C=O) groups is 1. The maximum atomic E-state index is 15.8. The fourth-order valence-corrected chi connectivity index (χ4v) is 6.12. The minimum atomic E-state index is -3.93. The molecule has 1 aromatic carbocycles. The van der Waals surface area contributed by atoms with Crippen molar-refractivity contribution in [2.75, 3.05) is 36.5 Å². The normalized spacial score (nSPS) is 15.6. The van der Waals surface area contributed by atoms with Gasteiger partial charge in [0.1, 0.15) is 17.3 Å². The zero-order chi connectivity index (χ0) is 31.4. The fraction of sp³-hybridized carbons (Fsp3) is 0.250. The molecule has 43 heavy (non-hydrogen) atoms. The van der Waals surface area contributed by atoms with Crippen LogP contribution in [0.4, 0.5) is 24.7 Å². The second kappa shape index (κ2) is 10.8. The number of aryl methyl sites for hydroxylation is 1. The first-order chi connectivity index (χ1) is 20.2. The van der Waals surface area contributed by atoms with Crippen molar-refractivity contribution in [1.82, 2.24) is 24.4 Å². The molecule has 224 valence electrons. The zero-order valence-corrected chi connectivity index (χ0v) is 24.1. The average Bonchev–Trinajstić information content (AvgIpc) is 2.92. The van der Waals surface area contributed by atoms with Gasteiger partial charge in [0, 0.05) is 43.8 Å². The van der Waals surface area contributed by atoms with E-state index in [-0.39, 0.29) is 64.0 Å². The zero-order valence-electron chi connectivity index (χ0n) is 23.3. The molecule has 11 nitrogen and oxygen atoms in total. The summed E-state index contributed by atoms with van der Waals surface area (Å²) in [7, 11) is -3.93. The van der Waals surface area contributed by atoms with Crippen molar-refractivity contribution in [3.05, 3.63) is 76.7 Å². The number of pyridine rings is 2. The molecule has 4 aromatic rings. The molecule has 1 fully saturated rings. The van der Waals surface area contributed by atoms with E-state index in [0.29, 0.717) is 0 Å². The Morgan fingerprint density at radius 3 is 2.49 bits per heavy atom. The van der Waals surface area contributed by atoms with Crippen LogP contribution in [-0.2, 0) is 14.6 Å². The minimum Gasteiger partial charge on any atom is -0.398 e. The Kier molecular flexibility index (Phi) is 7.46. The van der Waals surface area contributed by atoms with Crippen molar-refractivity contribution >= 4 is 38.3 Å². The van der Waals surface area contributed by atoms with Crippen LogP contribution < -0.4 is 16.3 Å². The smallest absolute Gasteiger partial charge is 0.355 e. The maximum Gasteiger partial charge on any atom is 0.355 e. The van der Waals surface area contributed by atoms with Crippen molar-refractivity contribution in [3.8, 4) is 16.9 Å². The van der Waals surface area contributed by atoms with Crippen LogP contribution in [0.3, 0.4) is 0 Å². The van der Waals surface area contributed by atoms with Crippen molar-refractivity contribution in [2.24, 2.45) is 0 Å². The molecule has 3 aromatic heterocycles. The molecule has 0 bridgehead atoms. The van der Waals surface area contributed by atoms with Crippen molar-refractivity contribution in [3.63, 3.8) is 0 Å². The summed E-state index contributed by atoms with van der Waals surface area (Å²) in [6.07, 6.45) is 2.21. The minimum absolute atomic E-state index is 0.0139. The molecule has 1 amide bonds. The Bertz CT molecular complexity index is 1980. The van der Waals surface area contributed by atoms with E-state index in [2.05, 4.69) is 21.5 Å². The lowest BCUT2D eigenvalue weighted by molar-refractivity contribution is -0.129. The van der Waals surface area contributed by atoms with Crippen LogP contribution in [0, 0.1) is 18.6 Å². The summed E-state index contributed by atoms with van der Waals surface area (Å²) in [5.41, 5.74) is 3.76. The third-order valence-corrected chi connectivity index (χ3v) is 8.32. The summed E-state index contributed by atoms with van der Waals surface area (Å²) in [6.45, 7) is 6.38. The van der Waals surface area contributed by atoms with E-state index in [1.807, 2.05) is 0 Å². The molecule has 0 radical (unpaired) electrons. The number of amides is 1. The van der Waals surface area contributed by atoms with Gasteiger partial charge in [-0.1, -0.05) is 12.6 Å². The summed E-state index contributed by atoms with van der Waals surface area (Å²) in [5.74, 6) is -3.87. The van der Waals surface area contributed by atoms with Gasteiger partial charge in [-0.3, -0.25) is 9.78 Å². The van der Waals surface area contributed by atoms with Gasteiger partial charge in [-0.25, -0.2) is 35.9 Å². The highest BCUT2D eigenvalue weighted by molar-refractivity contribution is 7.90. The number of hydrogen-bond donors (Lipinski definition) is 1. The highest BCUT2D eigenvalue weighted by Gasteiger charge is 2.32. The molecular weight excluding hydrogens is 587 g/mol. The van der Waals surface area contributed by atoms with Crippen molar-refractivity contribution < 1.29 is 26.4 Å². The molecule has 0 spiro atoms. The first-order valence-corrected chi connectivity index (χ1v) is 14.8. The lowest BCUT2D eigenvalue weighted by Crippen LogP contribution is -2.54. The number of piperazine rings is 1. The maximum absolute atomic E-state index is 15.8. The van der Waals surface area contributed by atoms with Gasteiger partial charge in [0.2, 0.25) is 0 Å². The van der Waals surface area contributed by atoms with Crippen LogP contribution in [0.25, 0.3) is 28.0 Å². The van der Waals surface area contributed by atoms with Gasteiger partial charge in [0.05, 0.1) is 27.2 Å². The Morgan fingerprint density at radius 2 is 1.86 bits per heavy atom. The highest BCUT2D eigenvalue weighted by atomic mass is 32.2. The van der Waals surface area contributed by atoms with Gasteiger partial charge >= 0.3 is 5.69 Å². The molecule has 1 aliphatic heterocycles. The first kappa shape index (κ1) is 29.7. The van der Waals surface area contributed by atoms with Gasteiger partial charge in [-0.15, -0.1) is 0 Å². The fourth-order valence-electron chi connectivity index (χ4n) is 5.23. The second-order valence-electron chi connectivity index (χ2n) is 10.2. The molecule has 0 saturated carbocycles. The highest BCUT2D eigenvalue weighted by Crippen LogP contribution is 2.35. The standard InChI is InChI=1S/C28H26F3N7O4S/c1-14-13-36(27(39)15(2)29)10-11-37(14)25-17-12-19(31)23(22-18(30)6-5-7-20(22)32)34-26(17)38(28(40)35-25)24-16(3)33-9-8-21(24)43(4,41)42/h5-9,12,14H,2,10-11,13,32H2,1,3-4H3/t14-/m0/s1. The Balaban J connectivity index is 1.84. The summed E-state index contributed by atoms with van der Waals surface area (Å²) in [6, 6.07) is 5.47. The number of fused-ring (bicyclic) bond motifs is 1. The quantitative estimate of drug-likeness (QED) is 0.265. The number of halogens is 3. The lowest BCUT2D eigenvalue weighted by Gasteiger charge is -2.40. The number of aromatic nitrogens is 4. The van der Waals surface area contributed by atoms with Crippen LogP contribution in [0.5, 0.6) is 0 Å². The van der Waals surface area contributed by atoms with Crippen LogP contribution in [-0.4, -0.2) is 70.7 Å². The van der Waals surface area contributed by atoms with E-state index in [1.54, 1.807) is 11.8 Å². The van der Waals surface area contributed by atoms with Gasteiger partial charge in [-0.05, 0) is 38.1 Å². The topological polar surface area (TPSA) is 144 Å². The number of nitrogens with zero attached hydrogens (tertiary/aromatic N) is 6. The van der Waals surface area contributed by atoms with Crippen LogP contribution >= 0.6 is 0 Å². The Morgan fingerprint density at radius 1 is 1.14 bits per heavy atom. The van der Waals surface area contributed by atoms with Crippen molar-refractivity contribution in [2.45, 2.75) is 24.8 Å². The lowest BCUT2D eigenvalue weighted by atomic mass is 10.1. The summed E-state index contributed by atoms with van der Waals surface area (Å²) in [5, 5.41) is -0.0139. The van der Waals surface area contributed by atoms with E-state index in [1.165, 1.54) is 36.2 Å². The van der Waals surface area contributed by atoms with E-state index in [0.717, 1.165) is 23.0 Å². The molecule has 15 heteroatoms. The SMILES string of the molecule is C=C(F)C(=O)N1CCN(c2nc(=O)n(-c3c(S(C)(=O)=O)ccnc3C)c3nc(-c4c(N)cccc4F)c(F)cc23)[C@@H](C)C1. The number of hydrogen-bond acceptors (Lipinski definition) is 9. The van der Waals surface area contributed by atoms with Gasteiger partial charge in [0.15, 0.2) is 27.1 Å². The number of nitrogen functional groups attached to an aromatic ring is 1. The Labute approximate surface area is 244 Å². The summed E-state index contributed by atoms with van der Waals surface area (Å²) < 4.78 is 70.7. The molecule has 1 saturated heterocycles. The number of rotatable bonds is 5.